The third kappa shape index (κ3) is 1.42. The van der Waals surface area contributed by atoms with Crippen LogP contribution in [0.2, 0.25) is 0 Å². The van der Waals surface area contributed by atoms with Crippen LogP contribution in [-0.4, -0.2) is 35.8 Å². The molecule has 2 unspecified atom stereocenters. The van der Waals surface area contributed by atoms with Crippen LogP contribution >= 0.6 is 11.3 Å². The predicted octanol–water partition coefficient (Wildman–Crippen LogP) is 1.39. The molecule has 0 spiro atoms. The lowest BCUT2D eigenvalue weighted by Crippen LogP contribution is -2.41. The maximum absolute atomic E-state index is 5.77. The molecule has 0 aliphatic carbocycles. The zero-order valence-electron chi connectivity index (χ0n) is 8.68. The fraction of sp³-hybridized carbons (Fsp3) is 0.700. The topological polar surface area (TPSA) is 37.9 Å². The number of epoxide rings is 1. The lowest BCUT2D eigenvalue weighted by Gasteiger charge is -2.26. The quantitative estimate of drug-likeness (QED) is 0.730. The third-order valence-corrected chi connectivity index (χ3v) is 3.74. The molecule has 5 heteroatoms. The highest BCUT2D eigenvalue weighted by Gasteiger charge is 2.65. The summed E-state index contributed by atoms with van der Waals surface area (Å²) in [7, 11) is 0. The minimum absolute atomic E-state index is 0.117. The van der Waals surface area contributed by atoms with Crippen LogP contribution in [0.4, 0.5) is 0 Å². The number of thiazole rings is 1. The molecule has 1 aromatic rings. The SMILES string of the molecule is CCCN1CCOC2(c3cncs3)OC12. The van der Waals surface area contributed by atoms with Crippen LogP contribution < -0.4 is 0 Å². The Labute approximate surface area is 92.8 Å². The highest BCUT2D eigenvalue weighted by Crippen LogP contribution is 2.52. The van der Waals surface area contributed by atoms with E-state index >= 15 is 0 Å². The van der Waals surface area contributed by atoms with Gasteiger partial charge in [-0.25, -0.2) is 0 Å². The molecule has 3 rings (SSSR count). The van der Waals surface area contributed by atoms with Crippen molar-refractivity contribution in [3.63, 3.8) is 0 Å². The molecule has 2 saturated heterocycles. The molecule has 2 aliphatic rings. The van der Waals surface area contributed by atoms with E-state index in [2.05, 4.69) is 16.8 Å². The maximum Gasteiger partial charge on any atom is 0.249 e. The molecule has 4 nitrogen and oxygen atoms in total. The van der Waals surface area contributed by atoms with E-state index in [-0.39, 0.29) is 6.23 Å². The average Bonchev–Trinajstić information content (AvgIpc) is 2.76. The number of fused-ring (bicyclic) bond motifs is 1. The van der Waals surface area contributed by atoms with Gasteiger partial charge in [0, 0.05) is 19.3 Å². The second-order valence-corrected chi connectivity index (χ2v) is 4.77. The summed E-state index contributed by atoms with van der Waals surface area (Å²) in [5.41, 5.74) is 1.82. The van der Waals surface area contributed by atoms with Gasteiger partial charge in [-0.15, -0.1) is 11.3 Å². The van der Waals surface area contributed by atoms with E-state index in [0.717, 1.165) is 31.0 Å². The van der Waals surface area contributed by atoms with Crippen molar-refractivity contribution in [3.8, 4) is 0 Å². The van der Waals surface area contributed by atoms with Gasteiger partial charge < -0.3 is 9.47 Å². The van der Waals surface area contributed by atoms with E-state index in [1.54, 1.807) is 11.3 Å². The largest absolute Gasteiger partial charge is 0.341 e. The zero-order chi connectivity index (χ0) is 10.3. The van der Waals surface area contributed by atoms with Crippen molar-refractivity contribution in [2.24, 2.45) is 0 Å². The number of hydrogen-bond acceptors (Lipinski definition) is 5. The van der Waals surface area contributed by atoms with E-state index in [1.807, 2.05) is 11.7 Å². The van der Waals surface area contributed by atoms with Gasteiger partial charge >= 0.3 is 0 Å². The summed E-state index contributed by atoms with van der Waals surface area (Å²) in [6.45, 7) is 4.98. The van der Waals surface area contributed by atoms with Crippen LogP contribution in [0.5, 0.6) is 0 Å². The molecule has 0 aromatic carbocycles. The van der Waals surface area contributed by atoms with Gasteiger partial charge in [-0.05, 0) is 6.42 Å². The molecule has 0 bridgehead atoms. The molecule has 0 radical (unpaired) electrons. The first-order chi connectivity index (χ1) is 7.37. The summed E-state index contributed by atoms with van der Waals surface area (Å²) in [5.74, 6) is -0.478. The summed E-state index contributed by atoms with van der Waals surface area (Å²) in [6, 6.07) is 0. The summed E-state index contributed by atoms with van der Waals surface area (Å²) in [4.78, 5) is 7.52. The average molecular weight is 226 g/mol. The van der Waals surface area contributed by atoms with Gasteiger partial charge in [0.05, 0.1) is 17.0 Å². The van der Waals surface area contributed by atoms with E-state index in [4.69, 9.17) is 9.47 Å². The standard InChI is InChI=1S/C10H14N2O2S/c1-2-3-12-4-5-13-10(9(12)14-10)8-6-11-7-15-8/h6-7,9H,2-5H2,1H3. The minimum Gasteiger partial charge on any atom is -0.341 e. The second-order valence-electron chi connectivity index (χ2n) is 3.89. The Kier molecular flexibility index (Phi) is 2.28. The van der Waals surface area contributed by atoms with Gasteiger partial charge in [0.15, 0.2) is 6.23 Å². The summed E-state index contributed by atoms with van der Waals surface area (Å²) < 4.78 is 11.5. The smallest absolute Gasteiger partial charge is 0.249 e. The van der Waals surface area contributed by atoms with Crippen LogP contribution in [0.1, 0.15) is 18.2 Å². The Hall–Kier alpha value is -0.490. The Bertz CT molecular complexity index is 341. The zero-order valence-corrected chi connectivity index (χ0v) is 9.50. The van der Waals surface area contributed by atoms with Gasteiger partial charge in [0.2, 0.25) is 5.79 Å². The molecule has 2 atom stereocenters. The number of rotatable bonds is 3. The van der Waals surface area contributed by atoms with Crippen LogP contribution in [-0.2, 0) is 15.3 Å². The fourth-order valence-corrected chi connectivity index (χ4v) is 2.87. The molecule has 0 N–H and O–H groups in total. The number of nitrogens with zero attached hydrogens (tertiary/aromatic N) is 2. The molecule has 3 heterocycles. The highest BCUT2D eigenvalue weighted by atomic mass is 32.1. The maximum atomic E-state index is 5.77. The van der Waals surface area contributed by atoms with Crippen molar-refractivity contribution >= 4 is 11.3 Å². The molecule has 1 aromatic heterocycles. The van der Waals surface area contributed by atoms with E-state index in [0.29, 0.717) is 0 Å². The Morgan fingerprint density at radius 1 is 1.73 bits per heavy atom. The van der Waals surface area contributed by atoms with Gasteiger partial charge in [0.25, 0.3) is 0 Å². The third-order valence-electron chi connectivity index (χ3n) is 2.87. The molecule has 82 valence electrons. The van der Waals surface area contributed by atoms with Crippen molar-refractivity contribution in [2.45, 2.75) is 25.4 Å². The number of aromatic nitrogens is 1. The summed E-state index contributed by atoms with van der Waals surface area (Å²) in [6.07, 6.45) is 3.12. The van der Waals surface area contributed by atoms with Crippen LogP contribution in [0.25, 0.3) is 0 Å². The lowest BCUT2D eigenvalue weighted by molar-refractivity contribution is -0.0678. The van der Waals surface area contributed by atoms with Crippen molar-refractivity contribution in [1.29, 1.82) is 0 Å². The van der Waals surface area contributed by atoms with Gasteiger partial charge in [-0.1, -0.05) is 6.92 Å². The number of morpholine rings is 1. The van der Waals surface area contributed by atoms with E-state index in [1.165, 1.54) is 0 Å². The monoisotopic (exact) mass is 226 g/mol. The van der Waals surface area contributed by atoms with Gasteiger partial charge in [-0.3, -0.25) is 9.88 Å². The lowest BCUT2D eigenvalue weighted by atomic mass is 10.2. The first-order valence-corrected chi connectivity index (χ1v) is 6.19. The summed E-state index contributed by atoms with van der Waals surface area (Å²) >= 11 is 1.60. The van der Waals surface area contributed by atoms with Crippen LogP contribution in [0, 0.1) is 0 Å². The molecular formula is C10H14N2O2S. The Morgan fingerprint density at radius 3 is 3.40 bits per heavy atom. The molecule has 0 saturated carbocycles. The second kappa shape index (κ2) is 3.52. The normalized spacial score (nSPS) is 35.1. The summed E-state index contributed by atoms with van der Waals surface area (Å²) in [5, 5.41) is 0. The Balaban J connectivity index is 1.80. The van der Waals surface area contributed by atoms with Gasteiger partial charge in [0.1, 0.15) is 0 Å². The highest BCUT2D eigenvalue weighted by molar-refractivity contribution is 7.09. The molecule has 2 fully saturated rings. The van der Waals surface area contributed by atoms with E-state index in [9.17, 15) is 0 Å². The van der Waals surface area contributed by atoms with Crippen LogP contribution in [0.3, 0.4) is 0 Å². The molecule has 0 amide bonds. The predicted molar refractivity (Wildman–Crippen MR) is 56.5 cm³/mol. The minimum atomic E-state index is -0.478. The van der Waals surface area contributed by atoms with Crippen molar-refractivity contribution in [3.05, 3.63) is 16.6 Å². The molecular weight excluding hydrogens is 212 g/mol. The Morgan fingerprint density at radius 2 is 2.67 bits per heavy atom. The fourth-order valence-electron chi connectivity index (χ4n) is 2.14. The first kappa shape index (κ1) is 9.72. The van der Waals surface area contributed by atoms with Crippen molar-refractivity contribution in [1.82, 2.24) is 9.88 Å². The van der Waals surface area contributed by atoms with Gasteiger partial charge in [-0.2, -0.15) is 0 Å². The number of ether oxygens (including phenoxy) is 2. The molecule has 15 heavy (non-hydrogen) atoms. The first-order valence-electron chi connectivity index (χ1n) is 5.31. The van der Waals surface area contributed by atoms with Crippen molar-refractivity contribution in [2.75, 3.05) is 19.7 Å². The number of hydrogen-bond donors (Lipinski definition) is 0. The molecule has 2 aliphatic heterocycles. The van der Waals surface area contributed by atoms with E-state index < -0.39 is 5.79 Å². The van der Waals surface area contributed by atoms with Crippen molar-refractivity contribution < 1.29 is 9.47 Å². The van der Waals surface area contributed by atoms with Crippen LogP contribution in [0.15, 0.2) is 11.7 Å².